The van der Waals surface area contributed by atoms with E-state index in [0.717, 1.165) is 0 Å². The molecule has 0 atom stereocenters. The zero-order valence-electron chi connectivity index (χ0n) is 27.4. The van der Waals surface area contributed by atoms with Crippen LogP contribution in [0.25, 0.3) is 73.7 Å². The molecule has 46 heavy (non-hydrogen) atoms. The van der Waals surface area contributed by atoms with E-state index >= 15 is 0 Å². The summed E-state index contributed by atoms with van der Waals surface area (Å²) in [6.45, 7) is 14.0. The maximum atomic E-state index is 2.47. The van der Waals surface area contributed by atoms with Crippen LogP contribution in [-0.4, -0.2) is 0 Å². The molecule has 2 heteroatoms. The quantitative estimate of drug-likeness (QED) is 0.182. The van der Waals surface area contributed by atoms with Gasteiger partial charge in [0.1, 0.15) is 0 Å². The number of thiophene rings is 2. The third-order valence-electron chi connectivity index (χ3n) is 9.38. The number of rotatable bonds is 3. The van der Waals surface area contributed by atoms with E-state index in [0.29, 0.717) is 0 Å². The molecule has 8 rings (SSSR count). The first kappa shape index (κ1) is 29.2. The molecule has 0 bridgehead atoms. The predicted molar refractivity (Wildman–Crippen MR) is 206 cm³/mol. The fourth-order valence-electron chi connectivity index (χ4n) is 7.20. The number of hydrogen-bond donors (Lipinski definition) is 0. The molecule has 2 heterocycles. The third kappa shape index (κ3) is 4.70. The molecule has 0 aliphatic heterocycles. The monoisotopic (exact) mass is 630 g/mol. The molecule has 6 aromatic carbocycles. The highest BCUT2D eigenvalue weighted by atomic mass is 32.1. The van der Waals surface area contributed by atoms with Crippen molar-refractivity contribution >= 4 is 63.0 Å². The zero-order valence-corrected chi connectivity index (χ0v) is 29.0. The largest absolute Gasteiger partial charge is 0.135 e. The topological polar surface area (TPSA) is 0 Å². The van der Waals surface area contributed by atoms with Crippen LogP contribution in [0.1, 0.15) is 52.7 Å². The fraction of sp³-hybridized carbons (Fsp3) is 0.182. The van der Waals surface area contributed by atoms with E-state index in [4.69, 9.17) is 0 Å². The van der Waals surface area contributed by atoms with Gasteiger partial charge in [-0.25, -0.2) is 0 Å². The van der Waals surface area contributed by atoms with E-state index in [-0.39, 0.29) is 10.8 Å². The molecule has 0 unspecified atom stereocenters. The van der Waals surface area contributed by atoms with E-state index < -0.39 is 0 Å². The summed E-state index contributed by atoms with van der Waals surface area (Å²) in [5.74, 6) is 0. The van der Waals surface area contributed by atoms with Gasteiger partial charge in [0.25, 0.3) is 0 Å². The van der Waals surface area contributed by atoms with E-state index in [1.807, 2.05) is 22.7 Å². The second kappa shape index (κ2) is 10.7. The summed E-state index contributed by atoms with van der Waals surface area (Å²) in [5, 5.41) is 5.40. The second-order valence-corrected chi connectivity index (χ2v) is 16.7. The standard InChI is InChI=1S/C44H38S2/c1-43(2,3)36-21-9-7-14-29(36)32-17-13-23-39-40(32)35-20-11-16-28(41(35)46-39)27-24-25-30(37(26-27)44(4,5)6)33-18-12-19-34-31-15-8-10-22-38(31)45-42(33)34/h7-26H,1-6H3. The Morgan fingerprint density at radius 3 is 1.74 bits per heavy atom. The minimum absolute atomic E-state index is 0.0257. The summed E-state index contributed by atoms with van der Waals surface area (Å²) in [6.07, 6.45) is 0. The van der Waals surface area contributed by atoms with Gasteiger partial charge in [-0.1, -0.05) is 145 Å². The molecule has 0 aliphatic carbocycles. The Balaban J connectivity index is 1.34. The summed E-state index contributed by atoms with van der Waals surface area (Å²) in [6, 6.07) is 45.5. The second-order valence-electron chi connectivity index (χ2n) is 14.5. The van der Waals surface area contributed by atoms with Gasteiger partial charge in [0.15, 0.2) is 0 Å². The summed E-state index contributed by atoms with van der Waals surface area (Å²) in [7, 11) is 0. The van der Waals surface area contributed by atoms with Crippen LogP contribution in [0.15, 0.2) is 121 Å². The summed E-state index contributed by atoms with van der Waals surface area (Å²) in [4.78, 5) is 0. The van der Waals surface area contributed by atoms with Gasteiger partial charge >= 0.3 is 0 Å². The van der Waals surface area contributed by atoms with E-state index in [1.165, 1.54) is 84.9 Å². The molecule has 0 aliphatic rings. The Kier molecular flexibility index (Phi) is 6.76. The zero-order chi connectivity index (χ0) is 31.8. The molecule has 0 amide bonds. The van der Waals surface area contributed by atoms with Crippen LogP contribution in [-0.2, 0) is 10.8 Å². The number of fused-ring (bicyclic) bond motifs is 6. The SMILES string of the molecule is CC(C)(C)c1cc(-c2cccc3c2sc2cccc(-c4ccccc4C(C)(C)C)c23)ccc1-c1cccc2c1sc1ccccc12. The Morgan fingerprint density at radius 1 is 0.391 bits per heavy atom. The Labute approximate surface area is 280 Å². The van der Waals surface area contributed by atoms with Gasteiger partial charge in [-0.15, -0.1) is 22.7 Å². The maximum absolute atomic E-state index is 2.47. The highest BCUT2D eigenvalue weighted by Gasteiger charge is 2.24. The van der Waals surface area contributed by atoms with Gasteiger partial charge in [0.2, 0.25) is 0 Å². The first-order chi connectivity index (χ1) is 22.1. The van der Waals surface area contributed by atoms with Crippen LogP contribution >= 0.6 is 22.7 Å². The average Bonchev–Trinajstić information content (AvgIpc) is 3.62. The van der Waals surface area contributed by atoms with Crippen molar-refractivity contribution in [3.63, 3.8) is 0 Å². The molecule has 0 saturated heterocycles. The van der Waals surface area contributed by atoms with Gasteiger partial charge in [-0.2, -0.15) is 0 Å². The van der Waals surface area contributed by atoms with Crippen molar-refractivity contribution < 1.29 is 0 Å². The molecular formula is C44H38S2. The highest BCUT2D eigenvalue weighted by molar-refractivity contribution is 7.26. The van der Waals surface area contributed by atoms with Crippen LogP contribution in [0.4, 0.5) is 0 Å². The van der Waals surface area contributed by atoms with Crippen molar-refractivity contribution in [2.45, 2.75) is 52.4 Å². The van der Waals surface area contributed by atoms with Crippen molar-refractivity contribution in [2.75, 3.05) is 0 Å². The third-order valence-corrected chi connectivity index (χ3v) is 11.8. The summed E-state index contributed by atoms with van der Waals surface area (Å²) >= 11 is 3.84. The van der Waals surface area contributed by atoms with Crippen molar-refractivity contribution in [1.29, 1.82) is 0 Å². The Morgan fingerprint density at radius 2 is 0.935 bits per heavy atom. The average molecular weight is 631 g/mol. The normalized spacial score (nSPS) is 12.6. The predicted octanol–water partition coefficient (Wildman–Crippen LogP) is 14.0. The molecule has 8 aromatic rings. The van der Waals surface area contributed by atoms with E-state index in [1.54, 1.807) is 0 Å². The van der Waals surface area contributed by atoms with Gasteiger partial charge in [0, 0.05) is 40.3 Å². The molecule has 0 fully saturated rings. The Hall–Kier alpha value is -4.24. The minimum atomic E-state index is -0.0257. The lowest BCUT2D eigenvalue weighted by Gasteiger charge is -2.25. The molecule has 0 spiro atoms. The highest BCUT2D eigenvalue weighted by Crippen LogP contribution is 2.47. The number of hydrogen-bond acceptors (Lipinski definition) is 2. The first-order valence-corrected chi connectivity index (χ1v) is 17.8. The smallest absolute Gasteiger partial charge is 0.0434 e. The fourth-order valence-corrected chi connectivity index (χ4v) is 9.69. The molecule has 0 radical (unpaired) electrons. The molecule has 2 aromatic heterocycles. The van der Waals surface area contributed by atoms with Gasteiger partial charge < -0.3 is 0 Å². The molecule has 0 nitrogen and oxygen atoms in total. The molecule has 226 valence electrons. The summed E-state index contributed by atoms with van der Waals surface area (Å²) < 4.78 is 5.42. The van der Waals surface area contributed by atoms with Crippen LogP contribution in [0.5, 0.6) is 0 Å². The van der Waals surface area contributed by atoms with Crippen LogP contribution < -0.4 is 0 Å². The lowest BCUT2D eigenvalue weighted by molar-refractivity contribution is 0.592. The van der Waals surface area contributed by atoms with Crippen molar-refractivity contribution in [2.24, 2.45) is 0 Å². The first-order valence-electron chi connectivity index (χ1n) is 16.2. The minimum Gasteiger partial charge on any atom is -0.135 e. The van der Waals surface area contributed by atoms with Crippen LogP contribution in [0.2, 0.25) is 0 Å². The van der Waals surface area contributed by atoms with Crippen LogP contribution in [0, 0.1) is 0 Å². The Bertz CT molecular complexity index is 2440. The maximum Gasteiger partial charge on any atom is 0.0434 e. The molecule has 0 saturated carbocycles. The lowest BCUT2D eigenvalue weighted by atomic mass is 9.80. The van der Waals surface area contributed by atoms with Crippen molar-refractivity contribution in [3.05, 3.63) is 132 Å². The number of benzene rings is 6. The van der Waals surface area contributed by atoms with Crippen molar-refractivity contribution in [1.82, 2.24) is 0 Å². The summed E-state index contributed by atoms with van der Waals surface area (Å²) in [5.41, 5.74) is 10.7. The van der Waals surface area contributed by atoms with Gasteiger partial charge in [-0.05, 0) is 73.5 Å². The van der Waals surface area contributed by atoms with Gasteiger partial charge in [0.05, 0.1) is 0 Å². The van der Waals surface area contributed by atoms with Gasteiger partial charge in [-0.3, -0.25) is 0 Å². The van der Waals surface area contributed by atoms with E-state index in [2.05, 4.69) is 163 Å². The van der Waals surface area contributed by atoms with E-state index in [9.17, 15) is 0 Å². The molecular weight excluding hydrogens is 593 g/mol. The van der Waals surface area contributed by atoms with Crippen LogP contribution in [0.3, 0.4) is 0 Å². The lowest BCUT2D eigenvalue weighted by Crippen LogP contribution is -2.13. The molecule has 0 N–H and O–H groups in total. The van der Waals surface area contributed by atoms with Crippen molar-refractivity contribution in [3.8, 4) is 33.4 Å².